The van der Waals surface area contributed by atoms with E-state index in [-0.39, 0.29) is 5.95 Å². The Morgan fingerprint density at radius 2 is 1.79 bits per heavy atom. The predicted octanol–water partition coefficient (Wildman–Crippen LogP) is 3.47. The van der Waals surface area contributed by atoms with Crippen molar-refractivity contribution in [3.05, 3.63) is 60.9 Å². The number of nitrogen functional groups attached to an aromatic ring is 2. The van der Waals surface area contributed by atoms with Crippen LogP contribution < -0.4 is 11.5 Å². The molecular formula is C19H17N5. The van der Waals surface area contributed by atoms with Gasteiger partial charge in [0.05, 0.1) is 5.69 Å². The Hall–Kier alpha value is -3.34. The van der Waals surface area contributed by atoms with Crippen LogP contribution in [-0.2, 0) is 7.05 Å². The fourth-order valence-electron chi connectivity index (χ4n) is 3.05. The van der Waals surface area contributed by atoms with Gasteiger partial charge in [0.15, 0.2) is 0 Å². The van der Waals surface area contributed by atoms with Crippen LogP contribution in [0.1, 0.15) is 0 Å². The molecule has 0 unspecified atom stereocenters. The highest BCUT2D eigenvalue weighted by Gasteiger charge is 2.16. The highest BCUT2D eigenvalue weighted by Crippen LogP contribution is 2.36. The van der Waals surface area contributed by atoms with Gasteiger partial charge in [0.1, 0.15) is 0 Å². The Morgan fingerprint density at radius 3 is 2.62 bits per heavy atom. The fourth-order valence-corrected chi connectivity index (χ4v) is 3.05. The van der Waals surface area contributed by atoms with Crippen LogP contribution in [0.4, 0.5) is 11.6 Å². The summed E-state index contributed by atoms with van der Waals surface area (Å²) in [5.41, 5.74) is 17.4. The maximum Gasteiger partial charge on any atom is 0.220 e. The average Bonchev–Trinajstić information content (AvgIpc) is 2.92. The van der Waals surface area contributed by atoms with Crippen LogP contribution >= 0.6 is 0 Å². The van der Waals surface area contributed by atoms with E-state index in [0.29, 0.717) is 5.69 Å². The van der Waals surface area contributed by atoms with E-state index in [9.17, 15) is 0 Å². The van der Waals surface area contributed by atoms with Crippen molar-refractivity contribution >= 4 is 22.5 Å². The predicted molar refractivity (Wildman–Crippen MR) is 98.2 cm³/mol. The van der Waals surface area contributed by atoms with E-state index in [2.05, 4.69) is 32.9 Å². The number of nitrogens with zero attached hydrogens (tertiary/aromatic N) is 3. The first kappa shape index (κ1) is 14.3. The fraction of sp³-hybridized carbons (Fsp3) is 0.0526. The lowest BCUT2D eigenvalue weighted by atomic mass is 10.00. The third-order valence-electron chi connectivity index (χ3n) is 4.16. The first-order valence-corrected chi connectivity index (χ1v) is 7.66. The van der Waals surface area contributed by atoms with Gasteiger partial charge in [0.2, 0.25) is 5.95 Å². The normalized spacial score (nSPS) is 11.0. The van der Waals surface area contributed by atoms with E-state index in [0.717, 1.165) is 33.3 Å². The number of rotatable bonds is 2. The number of aryl methyl sites for hydroxylation is 1. The molecule has 5 heteroatoms. The van der Waals surface area contributed by atoms with Gasteiger partial charge in [0, 0.05) is 47.2 Å². The van der Waals surface area contributed by atoms with Gasteiger partial charge in [-0.1, -0.05) is 30.3 Å². The molecule has 4 aromatic rings. The lowest BCUT2D eigenvalue weighted by Crippen LogP contribution is -1.98. The SMILES string of the molecule is Cn1cc(-c2nc(N)ncc2-c2cccc(N)c2)c2ccccc21. The molecule has 4 N–H and O–H groups in total. The third-order valence-corrected chi connectivity index (χ3v) is 4.16. The number of hydrogen-bond donors (Lipinski definition) is 2. The molecule has 0 aliphatic rings. The molecule has 0 spiro atoms. The van der Waals surface area contributed by atoms with Crippen molar-refractivity contribution < 1.29 is 0 Å². The molecule has 0 fully saturated rings. The second-order valence-corrected chi connectivity index (χ2v) is 5.79. The van der Waals surface area contributed by atoms with Gasteiger partial charge in [-0.25, -0.2) is 9.97 Å². The first-order valence-electron chi connectivity index (χ1n) is 7.66. The van der Waals surface area contributed by atoms with Crippen LogP contribution in [0.3, 0.4) is 0 Å². The molecular weight excluding hydrogens is 298 g/mol. The van der Waals surface area contributed by atoms with Gasteiger partial charge in [-0.05, 0) is 23.8 Å². The van der Waals surface area contributed by atoms with Crippen LogP contribution in [0.2, 0.25) is 0 Å². The summed E-state index contributed by atoms with van der Waals surface area (Å²) in [4.78, 5) is 8.70. The summed E-state index contributed by atoms with van der Waals surface area (Å²) in [5.74, 6) is 0.255. The van der Waals surface area contributed by atoms with Crippen LogP contribution in [0, 0.1) is 0 Å². The van der Waals surface area contributed by atoms with Gasteiger partial charge >= 0.3 is 0 Å². The molecule has 118 valence electrons. The highest BCUT2D eigenvalue weighted by atomic mass is 15.0. The van der Waals surface area contributed by atoms with Crippen LogP contribution in [0.25, 0.3) is 33.3 Å². The minimum absolute atomic E-state index is 0.255. The van der Waals surface area contributed by atoms with E-state index in [1.165, 1.54) is 0 Å². The van der Waals surface area contributed by atoms with Gasteiger partial charge < -0.3 is 16.0 Å². The minimum atomic E-state index is 0.255. The molecule has 0 saturated carbocycles. The maximum atomic E-state index is 5.94. The van der Waals surface area contributed by atoms with E-state index in [1.54, 1.807) is 6.20 Å². The first-order chi connectivity index (χ1) is 11.6. The van der Waals surface area contributed by atoms with Crippen molar-refractivity contribution in [3.63, 3.8) is 0 Å². The summed E-state index contributed by atoms with van der Waals surface area (Å²) in [6.07, 6.45) is 3.83. The molecule has 2 aromatic carbocycles. The largest absolute Gasteiger partial charge is 0.399 e. The number of anilines is 2. The molecule has 0 atom stereocenters. The zero-order valence-electron chi connectivity index (χ0n) is 13.3. The second-order valence-electron chi connectivity index (χ2n) is 5.79. The van der Waals surface area contributed by atoms with Gasteiger partial charge in [-0.15, -0.1) is 0 Å². The molecule has 0 radical (unpaired) electrons. The topological polar surface area (TPSA) is 82.8 Å². The van der Waals surface area contributed by atoms with Crippen LogP contribution in [0.15, 0.2) is 60.9 Å². The smallest absolute Gasteiger partial charge is 0.220 e. The van der Waals surface area contributed by atoms with Gasteiger partial charge in [-0.3, -0.25) is 0 Å². The lowest BCUT2D eigenvalue weighted by molar-refractivity contribution is 0.969. The Kier molecular flexibility index (Phi) is 3.20. The Bertz CT molecular complexity index is 1050. The van der Waals surface area contributed by atoms with Crippen molar-refractivity contribution in [3.8, 4) is 22.4 Å². The maximum absolute atomic E-state index is 5.94. The molecule has 0 saturated heterocycles. The molecule has 2 aromatic heterocycles. The van der Waals surface area contributed by atoms with Crippen molar-refractivity contribution in [2.45, 2.75) is 0 Å². The Balaban J connectivity index is 2.02. The van der Waals surface area contributed by atoms with Crippen molar-refractivity contribution in [1.82, 2.24) is 14.5 Å². The van der Waals surface area contributed by atoms with Crippen LogP contribution in [0.5, 0.6) is 0 Å². The second kappa shape index (κ2) is 5.38. The number of hydrogen-bond acceptors (Lipinski definition) is 4. The number of fused-ring (bicyclic) bond motifs is 1. The van der Waals surface area contributed by atoms with Crippen molar-refractivity contribution in [2.24, 2.45) is 7.05 Å². The molecule has 0 amide bonds. The minimum Gasteiger partial charge on any atom is -0.399 e. The van der Waals surface area contributed by atoms with Crippen molar-refractivity contribution in [2.75, 3.05) is 11.5 Å². The summed E-state index contributed by atoms with van der Waals surface area (Å²) in [7, 11) is 2.02. The summed E-state index contributed by atoms with van der Waals surface area (Å²) in [5, 5.41) is 1.13. The Labute approximate surface area is 139 Å². The molecule has 4 rings (SSSR count). The van der Waals surface area contributed by atoms with Crippen molar-refractivity contribution in [1.29, 1.82) is 0 Å². The van der Waals surface area contributed by atoms with E-state index in [1.807, 2.05) is 43.4 Å². The van der Waals surface area contributed by atoms with E-state index < -0.39 is 0 Å². The summed E-state index contributed by atoms with van der Waals surface area (Å²) in [6, 6.07) is 15.9. The number of benzene rings is 2. The monoisotopic (exact) mass is 315 g/mol. The third kappa shape index (κ3) is 2.27. The Morgan fingerprint density at radius 1 is 0.958 bits per heavy atom. The number of aromatic nitrogens is 3. The molecule has 5 nitrogen and oxygen atoms in total. The molecule has 0 bridgehead atoms. The standard InChI is InChI=1S/C19H17N5/c1-24-11-16(14-7-2-3-8-17(14)24)18-15(10-22-19(21)23-18)12-5-4-6-13(20)9-12/h2-11H,20H2,1H3,(H2,21,22,23). The molecule has 0 aliphatic heterocycles. The number of nitrogens with two attached hydrogens (primary N) is 2. The quantitative estimate of drug-likeness (QED) is 0.555. The van der Waals surface area contributed by atoms with Crippen LogP contribution in [-0.4, -0.2) is 14.5 Å². The zero-order chi connectivity index (χ0) is 16.7. The van der Waals surface area contributed by atoms with Gasteiger partial charge in [-0.2, -0.15) is 0 Å². The van der Waals surface area contributed by atoms with Gasteiger partial charge in [0.25, 0.3) is 0 Å². The highest BCUT2D eigenvalue weighted by molar-refractivity contribution is 5.99. The average molecular weight is 315 g/mol. The van der Waals surface area contributed by atoms with E-state index in [4.69, 9.17) is 11.5 Å². The van der Waals surface area contributed by atoms with E-state index >= 15 is 0 Å². The molecule has 0 aliphatic carbocycles. The summed E-state index contributed by atoms with van der Waals surface area (Å²) >= 11 is 0. The summed E-state index contributed by atoms with van der Waals surface area (Å²) < 4.78 is 2.09. The molecule has 24 heavy (non-hydrogen) atoms. The lowest BCUT2D eigenvalue weighted by Gasteiger charge is -2.09. The summed E-state index contributed by atoms with van der Waals surface area (Å²) in [6.45, 7) is 0. The molecule has 2 heterocycles. The zero-order valence-corrected chi connectivity index (χ0v) is 13.3. The number of para-hydroxylation sites is 1.